The van der Waals surface area contributed by atoms with Gasteiger partial charge in [0.25, 0.3) is 0 Å². The summed E-state index contributed by atoms with van der Waals surface area (Å²) < 4.78 is 0. The molecular formula is C17H36N2. The average Bonchev–Trinajstić information content (AvgIpc) is 2.70. The molecule has 0 aromatic carbocycles. The second-order valence-corrected chi connectivity index (χ2v) is 6.34. The van der Waals surface area contributed by atoms with Crippen LogP contribution in [0.4, 0.5) is 0 Å². The van der Waals surface area contributed by atoms with Crippen molar-refractivity contribution < 1.29 is 0 Å². The van der Waals surface area contributed by atoms with E-state index in [2.05, 4.69) is 31.0 Å². The van der Waals surface area contributed by atoms with Crippen LogP contribution in [-0.4, -0.2) is 37.1 Å². The van der Waals surface area contributed by atoms with Gasteiger partial charge in [0.1, 0.15) is 0 Å². The Morgan fingerprint density at radius 3 is 2.26 bits per heavy atom. The fraction of sp³-hybridized carbons (Fsp3) is 1.00. The smallest absolute Gasteiger partial charge is 0.00393 e. The molecule has 1 aliphatic rings. The highest BCUT2D eigenvalue weighted by Gasteiger charge is 2.13. The van der Waals surface area contributed by atoms with Crippen LogP contribution >= 0.6 is 0 Å². The van der Waals surface area contributed by atoms with E-state index < -0.39 is 0 Å². The van der Waals surface area contributed by atoms with Crippen molar-refractivity contribution in [2.45, 2.75) is 78.2 Å². The van der Waals surface area contributed by atoms with E-state index in [1.54, 1.807) is 0 Å². The fourth-order valence-electron chi connectivity index (χ4n) is 3.20. The van der Waals surface area contributed by atoms with Gasteiger partial charge in [-0.2, -0.15) is 0 Å². The monoisotopic (exact) mass is 268 g/mol. The maximum Gasteiger partial charge on any atom is 0.00393 e. The Labute approximate surface area is 121 Å². The highest BCUT2D eigenvalue weighted by atomic mass is 15.1. The Kier molecular flexibility index (Phi) is 9.54. The number of hydrogen-bond donors (Lipinski definition) is 1. The average molecular weight is 268 g/mol. The van der Waals surface area contributed by atoms with E-state index in [9.17, 15) is 0 Å². The Bertz CT molecular complexity index is 193. The molecule has 1 N–H and O–H groups in total. The van der Waals surface area contributed by atoms with Crippen LogP contribution in [0, 0.1) is 5.92 Å². The SMILES string of the molecule is CCN(CC)CCCC(C)NCC1CCCCCC1. The van der Waals surface area contributed by atoms with Crippen LogP contribution < -0.4 is 5.32 Å². The summed E-state index contributed by atoms with van der Waals surface area (Å²) in [7, 11) is 0. The first kappa shape index (κ1) is 17.0. The van der Waals surface area contributed by atoms with E-state index in [1.165, 1.54) is 77.5 Å². The van der Waals surface area contributed by atoms with Crippen molar-refractivity contribution in [1.82, 2.24) is 10.2 Å². The molecule has 0 radical (unpaired) electrons. The number of hydrogen-bond acceptors (Lipinski definition) is 2. The largest absolute Gasteiger partial charge is 0.314 e. The van der Waals surface area contributed by atoms with E-state index in [-0.39, 0.29) is 0 Å². The summed E-state index contributed by atoms with van der Waals surface area (Å²) in [5, 5.41) is 3.77. The summed E-state index contributed by atoms with van der Waals surface area (Å²) in [6.45, 7) is 11.8. The fourth-order valence-corrected chi connectivity index (χ4v) is 3.20. The van der Waals surface area contributed by atoms with Gasteiger partial charge in [0, 0.05) is 6.04 Å². The third kappa shape index (κ3) is 7.94. The summed E-state index contributed by atoms with van der Waals surface area (Å²) >= 11 is 0. The minimum absolute atomic E-state index is 0.693. The van der Waals surface area contributed by atoms with Crippen LogP contribution in [-0.2, 0) is 0 Å². The minimum Gasteiger partial charge on any atom is -0.314 e. The van der Waals surface area contributed by atoms with E-state index >= 15 is 0 Å². The van der Waals surface area contributed by atoms with Crippen molar-refractivity contribution in [3.8, 4) is 0 Å². The summed E-state index contributed by atoms with van der Waals surface area (Å²) in [4.78, 5) is 2.53. The van der Waals surface area contributed by atoms with Gasteiger partial charge < -0.3 is 10.2 Å². The second-order valence-electron chi connectivity index (χ2n) is 6.34. The van der Waals surface area contributed by atoms with Crippen LogP contribution in [0.5, 0.6) is 0 Å². The van der Waals surface area contributed by atoms with E-state index in [0.717, 1.165) is 5.92 Å². The van der Waals surface area contributed by atoms with Crippen molar-refractivity contribution in [2.75, 3.05) is 26.2 Å². The van der Waals surface area contributed by atoms with Crippen LogP contribution in [0.25, 0.3) is 0 Å². The molecule has 19 heavy (non-hydrogen) atoms. The van der Waals surface area contributed by atoms with Crippen molar-refractivity contribution in [3.05, 3.63) is 0 Å². The summed E-state index contributed by atoms with van der Waals surface area (Å²) in [6, 6.07) is 0.693. The predicted octanol–water partition coefficient (Wildman–Crippen LogP) is 4.06. The number of nitrogens with zero attached hydrogens (tertiary/aromatic N) is 1. The van der Waals surface area contributed by atoms with Crippen molar-refractivity contribution in [1.29, 1.82) is 0 Å². The van der Waals surface area contributed by atoms with Crippen LogP contribution in [0.1, 0.15) is 72.1 Å². The van der Waals surface area contributed by atoms with E-state index in [1.807, 2.05) is 0 Å². The molecule has 0 spiro atoms. The van der Waals surface area contributed by atoms with Crippen molar-refractivity contribution >= 4 is 0 Å². The Morgan fingerprint density at radius 2 is 1.68 bits per heavy atom. The maximum absolute atomic E-state index is 3.77. The van der Waals surface area contributed by atoms with Crippen molar-refractivity contribution in [2.24, 2.45) is 5.92 Å². The molecule has 1 unspecified atom stereocenters. The van der Waals surface area contributed by atoms with Gasteiger partial charge in [-0.05, 0) is 64.7 Å². The van der Waals surface area contributed by atoms with Gasteiger partial charge in [-0.3, -0.25) is 0 Å². The Balaban J connectivity index is 2.04. The summed E-state index contributed by atoms with van der Waals surface area (Å²) in [5.74, 6) is 0.952. The molecule has 0 bridgehead atoms. The van der Waals surface area contributed by atoms with Gasteiger partial charge in [0.15, 0.2) is 0 Å². The van der Waals surface area contributed by atoms with E-state index in [0.29, 0.717) is 6.04 Å². The van der Waals surface area contributed by atoms with Crippen LogP contribution in [0.15, 0.2) is 0 Å². The van der Waals surface area contributed by atoms with Crippen molar-refractivity contribution in [3.63, 3.8) is 0 Å². The third-order valence-corrected chi connectivity index (χ3v) is 4.74. The molecule has 0 saturated heterocycles. The Morgan fingerprint density at radius 1 is 1.05 bits per heavy atom. The third-order valence-electron chi connectivity index (χ3n) is 4.74. The molecule has 0 aromatic rings. The molecule has 0 aromatic heterocycles. The molecule has 1 rings (SSSR count). The van der Waals surface area contributed by atoms with Gasteiger partial charge in [-0.1, -0.05) is 39.5 Å². The standard InChI is InChI=1S/C17H36N2/c1-4-19(5-2)14-10-11-16(3)18-15-17-12-8-6-7-9-13-17/h16-18H,4-15H2,1-3H3. The van der Waals surface area contributed by atoms with Gasteiger partial charge in [0.05, 0.1) is 0 Å². The molecular weight excluding hydrogens is 232 g/mol. The maximum atomic E-state index is 3.77. The predicted molar refractivity (Wildman–Crippen MR) is 85.7 cm³/mol. The summed E-state index contributed by atoms with van der Waals surface area (Å²) in [5.41, 5.74) is 0. The molecule has 1 saturated carbocycles. The molecule has 1 fully saturated rings. The van der Waals surface area contributed by atoms with E-state index in [4.69, 9.17) is 0 Å². The zero-order chi connectivity index (χ0) is 13.9. The number of nitrogens with one attached hydrogen (secondary N) is 1. The van der Waals surface area contributed by atoms with Gasteiger partial charge in [-0.25, -0.2) is 0 Å². The normalized spacial score (nSPS) is 19.6. The molecule has 2 heteroatoms. The quantitative estimate of drug-likeness (QED) is 0.635. The van der Waals surface area contributed by atoms with Crippen LogP contribution in [0.3, 0.4) is 0 Å². The molecule has 1 aliphatic carbocycles. The zero-order valence-corrected chi connectivity index (χ0v) is 13.6. The van der Waals surface area contributed by atoms with Gasteiger partial charge >= 0.3 is 0 Å². The summed E-state index contributed by atoms with van der Waals surface area (Å²) in [6.07, 6.45) is 11.4. The first-order chi connectivity index (χ1) is 9.26. The molecule has 1 atom stereocenters. The van der Waals surface area contributed by atoms with Gasteiger partial charge in [0.2, 0.25) is 0 Å². The lowest BCUT2D eigenvalue weighted by Gasteiger charge is -2.21. The molecule has 0 amide bonds. The first-order valence-electron chi connectivity index (χ1n) is 8.72. The second kappa shape index (κ2) is 10.7. The molecule has 0 heterocycles. The minimum atomic E-state index is 0.693. The molecule has 114 valence electrons. The lowest BCUT2D eigenvalue weighted by molar-refractivity contribution is 0.288. The van der Waals surface area contributed by atoms with Crippen LogP contribution in [0.2, 0.25) is 0 Å². The molecule has 2 nitrogen and oxygen atoms in total. The lowest BCUT2D eigenvalue weighted by atomic mass is 10.00. The highest BCUT2D eigenvalue weighted by molar-refractivity contribution is 4.70. The zero-order valence-electron chi connectivity index (χ0n) is 13.6. The Hall–Kier alpha value is -0.0800. The number of rotatable bonds is 9. The molecule has 0 aliphatic heterocycles. The first-order valence-corrected chi connectivity index (χ1v) is 8.72. The lowest BCUT2D eigenvalue weighted by Crippen LogP contribution is -2.32. The topological polar surface area (TPSA) is 15.3 Å². The highest BCUT2D eigenvalue weighted by Crippen LogP contribution is 2.22. The van der Waals surface area contributed by atoms with Gasteiger partial charge in [-0.15, -0.1) is 0 Å².